The van der Waals surface area contributed by atoms with Gasteiger partial charge in [0.25, 0.3) is 0 Å². The van der Waals surface area contributed by atoms with Crippen LogP contribution in [0.2, 0.25) is 0 Å². The van der Waals surface area contributed by atoms with Gasteiger partial charge in [0.1, 0.15) is 5.82 Å². The van der Waals surface area contributed by atoms with E-state index in [0.717, 1.165) is 29.7 Å². The fourth-order valence-corrected chi connectivity index (χ4v) is 3.97. The van der Waals surface area contributed by atoms with Crippen molar-refractivity contribution in [3.63, 3.8) is 0 Å². The highest BCUT2D eigenvalue weighted by atomic mass is 32.2. The molecule has 0 fully saturated rings. The molecular formula is C16H15FO3S. The molecule has 0 bridgehead atoms. The summed E-state index contributed by atoms with van der Waals surface area (Å²) in [6.45, 7) is 0.515. The summed E-state index contributed by atoms with van der Waals surface area (Å²) in [5, 5.41) is 0. The molecule has 0 amide bonds. The molecule has 3 nitrogen and oxygen atoms in total. The highest BCUT2D eigenvalue weighted by Gasteiger charge is 2.27. The number of hydrogen-bond donors (Lipinski definition) is 0. The maximum absolute atomic E-state index is 12.9. The first-order valence-electron chi connectivity index (χ1n) is 6.74. The second-order valence-corrected chi connectivity index (χ2v) is 7.08. The summed E-state index contributed by atoms with van der Waals surface area (Å²) < 4.78 is 43.4. The lowest BCUT2D eigenvalue weighted by Crippen LogP contribution is -2.23. The van der Waals surface area contributed by atoms with Crippen LogP contribution >= 0.6 is 0 Å². The van der Waals surface area contributed by atoms with E-state index in [4.69, 9.17) is 4.74 Å². The number of fused-ring (bicyclic) bond motifs is 1. The van der Waals surface area contributed by atoms with Crippen LogP contribution in [0.1, 0.15) is 17.2 Å². The normalized spacial score (nSPS) is 18.2. The van der Waals surface area contributed by atoms with E-state index in [1.807, 2.05) is 24.3 Å². The van der Waals surface area contributed by atoms with Crippen molar-refractivity contribution in [2.75, 3.05) is 12.4 Å². The molecule has 110 valence electrons. The van der Waals surface area contributed by atoms with E-state index in [2.05, 4.69) is 0 Å². The molecule has 0 aromatic heterocycles. The molecule has 0 spiro atoms. The van der Waals surface area contributed by atoms with Crippen LogP contribution in [0.5, 0.6) is 0 Å². The Kier molecular flexibility index (Phi) is 3.78. The first kappa shape index (κ1) is 14.2. The van der Waals surface area contributed by atoms with Gasteiger partial charge in [0.05, 0.1) is 23.4 Å². The lowest BCUT2D eigenvalue weighted by atomic mass is 9.99. The standard InChI is InChI=1S/C16H15FO3S/c17-13-5-7-14(8-6-13)21(18,19)11-16-15-4-2-1-3-12(15)9-10-20-16/h1-8,16H,9-11H2. The van der Waals surface area contributed by atoms with E-state index in [1.54, 1.807) is 0 Å². The van der Waals surface area contributed by atoms with E-state index >= 15 is 0 Å². The maximum Gasteiger partial charge on any atom is 0.181 e. The molecule has 1 aliphatic rings. The topological polar surface area (TPSA) is 43.4 Å². The van der Waals surface area contributed by atoms with Gasteiger partial charge in [-0.25, -0.2) is 12.8 Å². The summed E-state index contributed by atoms with van der Waals surface area (Å²) in [5.74, 6) is -0.580. The van der Waals surface area contributed by atoms with Crippen LogP contribution in [-0.4, -0.2) is 20.8 Å². The molecule has 0 saturated heterocycles. The summed E-state index contributed by atoms with van der Waals surface area (Å²) in [6, 6.07) is 12.6. The Morgan fingerprint density at radius 2 is 1.81 bits per heavy atom. The van der Waals surface area contributed by atoms with Crippen LogP contribution in [0, 0.1) is 5.82 Å². The van der Waals surface area contributed by atoms with E-state index in [-0.39, 0.29) is 10.6 Å². The Bertz CT molecular complexity index is 738. The summed E-state index contributed by atoms with van der Waals surface area (Å²) in [7, 11) is -3.51. The van der Waals surface area contributed by atoms with Crippen LogP contribution in [0.4, 0.5) is 4.39 Å². The van der Waals surface area contributed by atoms with E-state index < -0.39 is 21.8 Å². The molecular weight excluding hydrogens is 291 g/mol. The maximum atomic E-state index is 12.9. The minimum atomic E-state index is -3.51. The molecule has 3 rings (SSSR count). The minimum Gasteiger partial charge on any atom is -0.372 e. The number of benzene rings is 2. The van der Waals surface area contributed by atoms with Gasteiger partial charge in [0.15, 0.2) is 9.84 Å². The molecule has 2 aromatic rings. The average Bonchev–Trinajstić information content (AvgIpc) is 2.48. The molecule has 0 radical (unpaired) electrons. The first-order chi connectivity index (χ1) is 10.1. The van der Waals surface area contributed by atoms with Gasteiger partial charge in [-0.05, 0) is 41.8 Å². The molecule has 21 heavy (non-hydrogen) atoms. The molecule has 0 aliphatic carbocycles. The zero-order chi connectivity index (χ0) is 14.9. The molecule has 0 saturated carbocycles. The van der Waals surface area contributed by atoms with Crippen LogP contribution in [0.25, 0.3) is 0 Å². The second-order valence-electron chi connectivity index (χ2n) is 5.04. The van der Waals surface area contributed by atoms with Crippen molar-refractivity contribution in [3.05, 3.63) is 65.5 Å². The van der Waals surface area contributed by atoms with E-state index in [9.17, 15) is 12.8 Å². The minimum absolute atomic E-state index is 0.121. The lowest BCUT2D eigenvalue weighted by molar-refractivity contribution is 0.0576. The predicted octanol–water partition coefficient (Wildman–Crippen LogP) is 2.91. The Labute approximate surface area is 123 Å². The van der Waals surface area contributed by atoms with Crippen molar-refractivity contribution >= 4 is 9.84 Å². The highest BCUT2D eigenvalue weighted by molar-refractivity contribution is 7.91. The first-order valence-corrected chi connectivity index (χ1v) is 8.39. The molecule has 1 unspecified atom stereocenters. The Morgan fingerprint density at radius 1 is 1.10 bits per heavy atom. The zero-order valence-electron chi connectivity index (χ0n) is 11.3. The van der Waals surface area contributed by atoms with Crippen molar-refractivity contribution in [2.24, 2.45) is 0 Å². The van der Waals surface area contributed by atoms with Crippen LogP contribution in [0.3, 0.4) is 0 Å². The summed E-state index contributed by atoms with van der Waals surface area (Å²) >= 11 is 0. The lowest BCUT2D eigenvalue weighted by Gasteiger charge is -2.25. The van der Waals surface area contributed by atoms with Gasteiger partial charge in [-0.15, -0.1) is 0 Å². The molecule has 0 N–H and O–H groups in total. The quantitative estimate of drug-likeness (QED) is 0.819. The number of halogens is 1. The van der Waals surface area contributed by atoms with Crippen molar-refractivity contribution in [3.8, 4) is 0 Å². The largest absolute Gasteiger partial charge is 0.372 e. The Morgan fingerprint density at radius 3 is 2.57 bits per heavy atom. The van der Waals surface area contributed by atoms with Gasteiger partial charge in [-0.3, -0.25) is 0 Å². The third-order valence-electron chi connectivity index (χ3n) is 3.64. The molecule has 5 heteroatoms. The fourth-order valence-electron chi connectivity index (χ4n) is 2.55. The molecule has 2 aromatic carbocycles. The van der Waals surface area contributed by atoms with Crippen LogP contribution < -0.4 is 0 Å². The van der Waals surface area contributed by atoms with Gasteiger partial charge >= 0.3 is 0 Å². The van der Waals surface area contributed by atoms with Gasteiger partial charge in [-0.2, -0.15) is 0 Å². The number of hydrogen-bond acceptors (Lipinski definition) is 3. The summed E-state index contributed by atoms with van der Waals surface area (Å²) in [6.07, 6.45) is 0.327. The number of sulfone groups is 1. The van der Waals surface area contributed by atoms with Crippen LogP contribution in [0.15, 0.2) is 53.4 Å². The molecule has 1 atom stereocenters. The van der Waals surface area contributed by atoms with Crippen molar-refractivity contribution in [1.82, 2.24) is 0 Å². The van der Waals surface area contributed by atoms with Crippen molar-refractivity contribution in [2.45, 2.75) is 17.4 Å². The monoisotopic (exact) mass is 306 g/mol. The molecule has 1 heterocycles. The summed E-state index contributed by atoms with van der Waals surface area (Å²) in [5.41, 5.74) is 2.05. The predicted molar refractivity (Wildman–Crippen MR) is 77.3 cm³/mol. The Balaban J connectivity index is 1.88. The molecule has 1 aliphatic heterocycles. The van der Waals surface area contributed by atoms with Crippen molar-refractivity contribution < 1.29 is 17.5 Å². The average molecular weight is 306 g/mol. The second kappa shape index (κ2) is 5.58. The Hall–Kier alpha value is -1.72. The third-order valence-corrected chi connectivity index (χ3v) is 5.37. The van der Waals surface area contributed by atoms with E-state index in [0.29, 0.717) is 6.61 Å². The van der Waals surface area contributed by atoms with Crippen LogP contribution in [-0.2, 0) is 21.0 Å². The fraction of sp³-hybridized carbons (Fsp3) is 0.250. The van der Waals surface area contributed by atoms with Gasteiger partial charge in [0, 0.05) is 0 Å². The van der Waals surface area contributed by atoms with Gasteiger partial charge in [0.2, 0.25) is 0 Å². The number of ether oxygens (including phenoxy) is 1. The highest BCUT2D eigenvalue weighted by Crippen LogP contribution is 2.29. The third kappa shape index (κ3) is 2.99. The smallest absolute Gasteiger partial charge is 0.181 e. The zero-order valence-corrected chi connectivity index (χ0v) is 12.1. The van der Waals surface area contributed by atoms with Gasteiger partial charge in [-0.1, -0.05) is 24.3 Å². The number of rotatable bonds is 3. The van der Waals surface area contributed by atoms with Crippen molar-refractivity contribution in [1.29, 1.82) is 0 Å². The SMILES string of the molecule is O=S(=O)(CC1OCCc2ccccc21)c1ccc(F)cc1. The van der Waals surface area contributed by atoms with Gasteiger partial charge < -0.3 is 4.74 Å². The van der Waals surface area contributed by atoms with E-state index in [1.165, 1.54) is 12.1 Å². The summed E-state index contributed by atoms with van der Waals surface area (Å²) in [4.78, 5) is 0.121.